The van der Waals surface area contributed by atoms with E-state index in [4.69, 9.17) is 5.73 Å². The maximum Gasteiger partial charge on any atom is 0.138 e. The molecule has 0 heterocycles. The first kappa shape index (κ1) is 11.3. The molecule has 0 radical (unpaired) electrons. The molecule has 0 spiro atoms. The number of hydrogen-bond acceptors (Lipinski definition) is 3. The number of nitrogen functional groups attached to an aromatic ring is 1. The summed E-state index contributed by atoms with van der Waals surface area (Å²) in [4.78, 5) is 0.664. The van der Waals surface area contributed by atoms with Gasteiger partial charge in [0.05, 0.1) is 0 Å². The van der Waals surface area contributed by atoms with Crippen LogP contribution in [0.2, 0.25) is 0 Å². The Balaban J connectivity index is 2.42. The molecule has 2 nitrogen and oxygen atoms in total. The second-order valence-electron chi connectivity index (χ2n) is 2.89. The Morgan fingerprint density at radius 1 is 1.50 bits per heavy atom. The zero-order valence-corrected chi connectivity index (χ0v) is 9.03. The van der Waals surface area contributed by atoms with Gasteiger partial charge in [-0.15, -0.1) is 11.8 Å². The van der Waals surface area contributed by atoms with Gasteiger partial charge in [0.2, 0.25) is 0 Å². The molecule has 1 rings (SSSR count). The molecule has 1 aromatic rings. The number of nitrogens with one attached hydrogen (secondary N) is 1. The fraction of sp³-hybridized carbons (Fsp3) is 0.400. The lowest BCUT2D eigenvalue weighted by Crippen LogP contribution is -2.15. The summed E-state index contributed by atoms with van der Waals surface area (Å²) in [6.07, 6.45) is 0. The lowest BCUT2D eigenvalue weighted by molar-refractivity contribution is 0.602. The number of halogens is 1. The van der Waals surface area contributed by atoms with Crippen molar-refractivity contribution in [2.24, 2.45) is 0 Å². The average Bonchev–Trinajstić information content (AvgIpc) is 2.15. The molecule has 14 heavy (non-hydrogen) atoms. The Labute approximate surface area is 88.1 Å². The van der Waals surface area contributed by atoms with Crippen LogP contribution in [0.1, 0.15) is 6.92 Å². The third-order valence-corrected chi connectivity index (χ3v) is 2.79. The second-order valence-corrected chi connectivity index (χ2v) is 4.03. The molecule has 3 N–H and O–H groups in total. The third kappa shape index (κ3) is 3.55. The van der Waals surface area contributed by atoms with E-state index in [0.29, 0.717) is 10.6 Å². The maximum atomic E-state index is 13.2. The molecule has 0 unspecified atom stereocenters. The minimum Gasteiger partial charge on any atom is -0.399 e. The zero-order chi connectivity index (χ0) is 10.4. The van der Waals surface area contributed by atoms with Crippen molar-refractivity contribution in [3.63, 3.8) is 0 Å². The summed E-state index contributed by atoms with van der Waals surface area (Å²) in [5, 5.41) is 3.18. The van der Waals surface area contributed by atoms with Crippen LogP contribution in [0.15, 0.2) is 23.1 Å². The van der Waals surface area contributed by atoms with Crippen molar-refractivity contribution in [2.45, 2.75) is 11.8 Å². The van der Waals surface area contributed by atoms with E-state index >= 15 is 0 Å². The van der Waals surface area contributed by atoms with Crippen LogP contribution in [0.4, 0.5) is 10.1 Å². The molecular formula is C10H15FN2S. The topological polar surface area (TPSA) is 38.0 Å². The molecule has 0 aromatic heterocycles. The molecule has 0 aliphatic heterocycles. The van der Waals surface area contributed by atoms with Crippen molar-refractivity contribution in [1.29, 1.82) is 0 Å². The van der Waals surface area contributed by atoms with Crippen LogP contribution < -0.4 is 11.1 Å². The van der Waals surface area contributed by atoms with Gasteiger partial charge in [-0.05, 0) is 24.7 Å². The summed E-state index contributed by atoms with van der Waals surface area (Å²) >= 11 is 1.50. The largest absolute Gasteiger partial charge is 0.399 e. The smallest absolute Gasteiger partial charge is 0.138 e. The number of anilines is 1. The summed E-state index contributed by atoms with van der Waals surface area (Å²) in [5.41, 5.74) is 5.91. The van der Waals surface area contributed by atoms with Crippen molar-refractivity contribution in [2.75, 3.05) is 24.6 Å². The highest BCUT2D eigenvalue weighted by atomic mass is 32.2. The van der Waals surface area contributed by atoms with E-state index in [-0.39, 0.29) is 5.82 Å². The van der Waals surface area contributed by atoms with E-state index in [0.717, 1.165) is 18.8 Å². The number of rotatable bonds is 5. The molecule has 0 atom stereocenters. The minimum absolute atomic E-state index is 0.230. The summed E-state index contributed by atoms with van der Waals surface area (Å²) < 4.78 is 13.2. The Morgan fingerprint density at radius 3 is 2.93 bits per heavy atom. The first-order chi connectivity index (χ1) is 6.74. The van der Waals surface area contributed by atoms with Gasteiger partial charge >= 0.3 is 0 Å². The van der Waals surface area contributed by atoms with Crippen LogP contribution in [-0.4, -0.2) is 18.8 Å². The van der Waals surface area contributed by atoms with Gasteiger partial charge in [-0.1, -0.05) is 6.92 Å². The molecule has 0 aliphatic rings. The maximum absolute atomic E-state index is 13.2. The van der Waals surface area contributed by atoms with E-state index in [1.807, 2.05) is 0 Å². The van der Waals surface area contributed by atoms with Gasteiger partial charge in [0.15, 0.2) is 0 Å². The molecule has 78 valence electrons. The summed E-state index contributed by atoms with van der Waals surface area (Å²) in [6, 6.07) is 4.80. The average molecular weight is 214 g/mol. The third-order valence-electron chi connectivity index (χ3n) is 1.74. The van der Waals surface area contributed by atoms with Crippen molar-refractivity contribution in [3.8, 4) is 0 Å². The highest BCUT2D eigenvalue weighted by molar-refractivity contribution is 7.99. The molecule has 0 saturated heterocycles. The van der Waals surface area contributed by atoms with Crippen LogP contribution in [0.5, 0.6) is 0 Å². The van der Waals surface area contributed by atoms with Crippen LogP contribution >= 0.6 is 11.8 Å². The van der Waals surface area contributed by atoms with Crippen LogP contribution in [0.25, 0.3) is 0 Å². The highest BCUT2D eigenvalue weighted by Crippen LogP contribution is 2.22. The number of thioether (sulfide) groups is 1. The van der Waals surface area contributed by atoms with Crippen LogP contribution in [0.3, 0.4) is 0 Å². The van der Waals surface area contributed by atoms with Gasteiger partial charge in [0, 0.05) is 22.9 Å². The monoisotopic (exact) mass is 214 g/mol. The Bertz CT molecular complexity index is 291. The first-order valence-electron chi connectivity index (χ1n) is 4.62. The molecule has 0 bridgehead atoms. The van der Waals surface area contributed by atoms with E-state index in [9.17, 15) is 4.39 Å². The van der Waals surface area contributed by atoms with E-state index in [1.165, 1.54) is 17.8 Å². The Morgan fingerprint density at radius 2 is 2.29 bits per heavy atom. The normalized spacial score (nSPS) is 10.4. The van der Waals surface area contributed by atoms with E-state index in [1.54, 1.807) is 12.1 Å². The van der Waals surface area contributed by atoms with Crippen LogP contribution in [-0.2, 0) is 0 Å². The van der Waals surface area contributed by atoms with Gasteiger partial charge in [-0.2, -0.15) is 0 Å². The van der Waals surface area contributed by atoms with Gasteiger partial charge in [-0.25, -0.2) is 4.39 Å². The predicted octanol–water partition coefficient (Wildman–Crippen LogP) is 2.11. The standard InChI is InChI=1S/C10H15FN2S/c1-2-13-5-6-14-10-4-3-8(12)7-9(10)11/h3-4,7,13H,2,5-6,12H2,1H3. The molecular weight excluding hydrogens is 199 g/mol. The fourth-order valence-corrected chi connectivity index (χ4v) is 1.87. The summed E-state index contributed by atoms with van der Waals surface area (Å²) in [5.74, 6) is 0.640. The number of nitrogens with two attached hydrogens (primary N) is 1. The zero-order valence-electron chi connectivity index (χ0n) is 8.22. The fourth-order valence-electron chi connectivity index (χ4n) is 1.04. The van der Waals surface area contributed by atoms with E-state index < -0.39 is 0 Å². The van der Waals surface area contributed by atoms with Crippen LogP contribution in [0, 0.1) is 5.82 Å². The Hall–Kier alpha value is -0.740. The predicted molar refractivity (Wildman–Crippen MR) is 60.1 cm³/mol. The van der Waals surface area contributed by atoms with Crippen molar-refractivity contribution < 1.29 is 4.39 Å². The van der Waals surface area contributed by atoms with Gasteiger partial charge in [0.25, 0.3) is 0 Å². The van der Waals surface area contributed by atoms with Crippen molar-refractivity contribution >= 4 is 17.4 Å². The molecule has 0 aliphatic carbocycles. The summed E-state index contributed by atoms with van der Waals surface area (Å²) in [7, 11) is 0. The quantitative estimate of drug-likeness (QED) is 0.448. The molecule has 1 aromatic carbocycles. The Kier molecular flexibility index (Phi) is 4.76. The van der Waals surface area contributed by atoms with Gasteiger partial charge in [-0.3, -0.25) is 0 Å². The molecule has 0 fully saturated rings. The van der Waals surface area contributed by atoms with Gasteiger partial charge < -0.3 is 11.1 Å². The highest BCUT2D eigenvalue weighted by Gasteiger charge is 2.01. The summed E-state index contributed by atoms with van der Waals surface area (Å²) in [6.45, 7) is 3.89. The van der Waals surface area contributed by atoms with E-state index in [2.05, 4.69) is 12.2 Å². The van der Waals surface area contributed by atoms with Crippen molar-refractivity contribution in [3.05, 3.63) is 24.0 Å². The number of hydrogen-bond donors (Lipinski definition) is 2. The molecule has 4 heteroatoms. The second kappa shape index (κ2) is 5.88. The lowest BCUT2D eigenvalue weighted by Gasteiger charge is -2.04. The SMILES string of the molecule is CCNCCSc1ccc(N)cc1F. The lowest BCUT2D eigenvalue weighted by atomic mass is 10.3. The van der Waals surface area contributed by atoms with Crippen molar-refractivity contribution in [1.82, 2.24) is 5.32 Å². The molecule has 0 saturated carbocycles. The molecule has 0 amide bonds. The minimum atomic E-state index is -0.230. The van der Waals surface area contributed by atoms with Gasteiger partial charge in [0.1, 0.15) is 5.82 Å². The number of benzene rings is 1. The first-order valence-corrected chi connectivity index (χ1v) is 5.61.